The van der Waals surface area contributed by atoms with Crippen molar-refractivity contribution in [3.8, 4) is 40.1 Å². The van der Waals surface area contributed by atoms with E-state index in [1.165, 1.54) is 13.0 Å². The predicted octanol–water partition coefficient (Wildman–Crippen LogP) is -1.69. The molecule has 0 amide bonds. The summed E-state index contributed by atoms with van der Waals surface area (Å²) in [6.45, 7) is 0.818. The molecule has 5 rings (SSSR count). The van der Waals surface area contributed by atoms with Crippen LogP contribution in [0.5, 0.6) is 28.7 Å². The number of phenols is 4. The third kappa shape index (κ3) is 5.67. The molecule has 2 fully saturated rings. The van der Waals surface area contributed by atoms with E-state index in [0.29, 0.717) is 0 Å². The van der Waals surface area contributed by atoms with Crippen LogP contribution in [0.2, 0.25) is 0 Å². The number of fused-ring (bicyclic) bond motifs is 1. The summed E-state index contributed by atoms with van der Waals surface area (Å²) >= 11 is 0. The van der Waals surface area contributed by atoms with Crippen LogP contribution in [0.4, 0.5) is 0 Å². The monoisotopic (exact) mass is 610 g/mol. The lowest BCUT2D eigenvalue weighted by molar-refractivity contribution is -0.318. The molecule has 10 atom stereocenters. The number of aliphatic hydroxyl groups is 6. The fourth-order valence-electron chi connectivity index (χ4n) is 4.84. The fourth-order valence-corrected chi connectivity index (χ4v) is 4.84. The number of aliphatic hydroxyl groups excluding tert-OH is 6. The van der Waals surface area contributed by atoms with E-state index in [2.05, 4.69) is 0 Å². The molecule has 2 aliphatic rings. The minimum atomic E-state index is -1.97. The number of aromatic hydroxyl groups is 4. The average Bonchev–Trinajstić information content (AvgIpc) is 2.96. The van der Waals surface area contributed by atoms with E-state index in [1.54, 1.807) is 0 Å². The Morgan fingerprint density at radius 2 is 1.42 bits per heavy atom. The van der Waals surface area contributed by atoms with Gasteiger partial charge in [-0.05, 0) is 25.1 Å². The molecule has 0 aliphatic carbocycles. The van der Waals surface area contributed by atoms with Crippen LogP contribution in [0.3, 0.4) is 0 Å². The van der Waals surface area contributed by atoms with Gasteiger partial charge in [0.1, 0.15) is 65.2 Å². The highest BCUT2D eigenvalue weighted by Crippen LogP contribution is 2.39. The highest BCUT2D eigenvalue weighted by molar-refractivity contribution is 5.88. The first-order valence-electron chi connectivity index (χ1n) is 13.0. The molecule has 10 N–H and O–H groups in total. The van der Waals surface area contributed by atoms with E-state index in [-0.39, 0.29) is 11.1 Å². The molecule has 0 bridgehead atoms. The smallest absolute Gasteiger partial charge is 0.239 e. The average molecular weight is 611 g/mol. The maximum atomic E-state index is 13.6. The number of phenolic OH excluding ortho intramolecular Hbond substituents is 4. The van der Waals surface area contributed by atoms with Crippen molar-refractivity contribution in [1.82, 2.24) is 0 Å². The molecule has 2 saturated heterocycles. The summed E-state index contributed by atoms with van der Waals surface area (Å²) in [5.74, 6) is -3.33. The third-order valence-electron chi connectivity index (χ3n) is 7.29. The Bertz CT molecular complexity index is 1540. The van der Waals surface area contributed by atoms with Crippen LogP contribution < -0.4 is 10.2 Å². The van der Waals surface area contributed by atoms with Crippen LogP contribution in [-0.4, -0.2) is 119 Å². The molecule has 16 heteroatoms. The molecule has 16 nitrogen and oxygen atoms in total. The molecule has 3 aromatic rings. The van der Waals surface area contributed by atoms with Crippen molar-refractivity contribution in [2.24, 2.45) is 0 Å². The molecule has 0 spiro atoms. The molecule has 3 heterocycles. The summed E-state index contributed by atoms with van der Waals surface area (Å²) in [5.41, 5.74) is -1.35. The number of benzene rings is 2. The lowest BCUT2D eigenvalue weighted by Gasteiger charge is -2.42. The standard InChI is InChI=1S/C27H30O16/c1-8-17(32)20(35)22(37)26(40-8)39-7-15-18(33)21(36)23(38)27(42-15)43-25-19(34)16-13(31)5-10(28)6-14(16)41-24(25)9-2-3-11(29)12(30)4-9/h2-6,8,15,17-18,20-23,26-33,35-38H,7H2,1H3/t8-,15-,17+,18-,20-,21-,22+,23-,26-,27+/m0/s1. The zero-order valence-corrected chi connectivity index (χ0v) is 22.3. The fraction of sp³-hybridized carbons (Fsp3) is 0.444. The maximum Gasteiger partial charge on any atom is 0.239 e. The van der Waals surface area contributed by atoms with Crippen molar-refractivity contribution < 1.29 is 74.4 Å². The van der Waals surface area contributed by atoms with E-state index in [0.717, 1.165) is 24.3 Å². The molecule has 234 valence electrons. The van der Waals surface area contributed by atoms with Gasteiger partial charge in [-0.15, -0.1) is 0 Å². The Labute approximate surface area is 241 Å². The van der Waals surface area contributed by atoms with Crippen molar-refractivity contribution in [2.75, 3.05) is 6.61 Å². The summed E-state index contributed by atoms with van der Waals surface area (Å²) in [7, 11) is 0. The molecule has 0 saturated carbocycles. The zero-order valence-electron chi connectivity index (χ0n) is 22.3. The van der Waals surface area contributed by atoms with Crippen LogP contribution in [0, 0.1) is 0 Å². The van der Waals surface area contributed by atoms with Gasteiger partial charge in [-0.2, -0.15) is 0 Å². The van der Waals surface area contributed by atoms with Gasteiger partial charge < -0.3 is 74.4 Å². The minimum absolute atomic E-state index is 0.0313. The summed E-state index contributed by atoms with van der Waals surface area (Å²) in [6.07, 6.45) is -16.2. The first kappa shape index (κ1) is 30.7. The highest BCUT2D eigenvalue weighted by Gasteiger charge is 2.47. The van der Waals surface area contributed by atoms with Gasteiger partial charge in [0, 0.05) is 17.7 Å². The van der Waals surface area contributed by atoms with Gasteiger partial charge in [0.15, 0.2) is 23.5 Å². The molecule has 0 unspecified atom stereocenters. The Hall–Kier alpha value is -3.71. The normalized spacial score (nSPS) is 33.0. The van der Waals surface area contributed by atoms with Gasteiger partial charge in [0.2, 0.25) is 17.5 Å². The molecular weight excluding hydrogens is 580 g/mol. The molecular formula is C27H30O16. The van der Waals surface area contributed by atoms with Gasteiger partial charge >= 0.3 is 0 Å². The second kappa shape index (κ2) is 11.8. The van der Waals surface area contributed by atoms with E-state index >= 15 is 0 Å². The van der Waals surface area contributed by atoms with Crippen LogP contribution >= 0.6 is 0 Å². The van der Waals surface area contributed by atoms with Gasteiger partial charge in [-0.1, -0.05) is 0 Å². The minimum Gasteiger partial charge on any atom is -0.508 e. The Kier molecular flexibility index (Phi) is 8.41. The van der Waals surface area contributed by atoms with Gasteiger partial charge in [-0.3, -0.25) is 4.79 Å². The summed E-state index contributed by atoms with van der Waals surface area (Å²) < 4.78 is 27.8. The Morgan fingerprint density at radius 3 is 2.12 bits per heavy atom. The van der Waals surface area contributed by atoms with E-state index in [4.69, 9.17) is 23.4 Å². The summed E-state index contributed by atoms with van der Waals surface area (Å²) in [6, 6.07) is 5.24. The van der Waals surface area contributed by atoms with Crippen LogP contribution in [-0.2, 0) is 14.2 Å². The maximum absolute atomic E-state index is 13.6. The SMILES string of the molecule is C[C@@H]1O[C@H](OC[C@@H]2O[C@H](Oc3c(-c4ccc(O)c(O)c4)oc4cc(O)cc(O)c4c3=O)[C@@H](O)[C@@H](O)[C@H]2O)[C@H](O)[C@@H](O)[C@@H]1O. The number of hydrogen-bond acceptors (Lipinski definition) is 16. The van der Waals surface area contributed by atoms with Crippen LogP contribution in [0.25, 0.3) is 22.3 Å². The first-order chi connectivity index (χ1) is 20.3. The quantitative estimate of drug-likeness (QED) is 0.140. The number of ether oxygens (including phenoxy) is 4. The predicted molar refractivity (Wildman–Crippen MR) is 140 cm³/mol. The molecule has 2 aromatic carbocycles. The van der Waals surface area contributed by atoms with E-state index in [1.807, 2.05) is 0 Å². The molecule has 43 heavy (non-hydrogen) atoms. The summed E-state index contributed by atoms with van der Waals surface area (Å²) in [4.78, 5) is 13.6. The Balaban J connectivity index is 1.48. The third-order valence-corrected chi connectivity index (χ3v) is 7.29. The summed E-state index contributed by atoms with van der Waals surface area (Å²) in [5, 5.41) is 101. The highest BCUT2D eigenvalue weighted by atomic mass is 16.7. The van der Waals surface area contributed by atoms with Crippen molar-refractivity contribution >= 4 is 11.0 Å². The van der Waals surface area contributed by atoms with Crippen molar-refractivity contribution in [3.63, 3.8) is 0 Å². The Morgan fingerprint density at radius 1 is 0.744 bits per heavy atom. The van der Waals surface area contributed by atoms with Crippen molar-refractivity contribution in [3.05, 3.63) is 40.6 Å². The van der Waals surface area contributed by atoms with Gasteiger partial charge in [0.05, 0.1) is 12.7 Å². The number of rotatable bonds is 6. The van der Waals surface area contributed by atoms with E-state index in [9.17, 15) is 55.9 Å². The lowest BCUT2D eigenvalue weighted by Crippen LogP contribution is -2.61. The van der Waals surface area contributed by atoms with Crippen molar-refractivity contribution in [2.45, 2.75) is 68.3 Å². The lowest BCUT2D eigenvalue weighted by atomic mass is 9.98. The van der Waals surface area contributed by atoms with Crippen LogP contribution in [0.15, 0.2) is 39.5 Å². The topological polar surface area (TPSA) is 269 Å². The number of hydrogen-bond donors (Lipinski definition) is 10. The molecule has 1 aromatic heterocycles. The zero-order chi connectivity index (χ0) is 31.3. The van der Waals surface area contributed by atoms with Gasteiger partial charge in [0.25, 0.3) is 0 Å². The van der Waals surface area contributed by atoms with Crippen LogP contribution in [0.1, 0.15) is 6.92 Å². The van der Waals surface area contributed by atoms with Crippen molar-refractivity contribution in [1.29, 1.82) is 0 Å². The first-order valence-corrected chi connectivity index (χ1v) is 13.0. The van der Waals surface area contributed by atoms with E-state index < -0.39 is 113 Å². The second-order valence-electron chi connectivity index (χ2n) is 10.3. The molecule has 2 aliphatic heterocycles. The largest absolute Gasteiger partial charge is 0.508 e. The second-order valence-corrected chi connectivity index (χ2v) is 10.3. The van der Waals surface area contributed by atoms with Gasteiger partial charge in [-0.25, -0.2) is 0 Å². The molecule has 0 radical (unpaired) electrons.